The van der Waals surface area contributed by atoms with Crippen molar-refractivity contribution in [2.24, 2.45) is 0 Å². The molecule has 0 atom stereocenters. The van der Waals surface area contributed by atoms with Crippen LogP contribution in [0.2, 0.25) is 0 Å². The minimum atomic E-state index is -0.389. The summed E-state index contributed by atoms with van der Waals surface area (Å²) in [5.41, 5.74) is 0.752. The highest BCUT2D eigenvalue weighted by atomic mass is 79.9. The van der Waals surface area contributed by atoms with Crippen LogP contribution in [0.3, 0.4) is 0 Å². The van der Waals surface area contributed by atoms with Gasteiger partial charge in [-0.1, -0.05) is 15.9 Å². The number of rotatable bonds is 1. The van der Waals surface area contributed by atoms with Crippen molar-refractivity contribution in [1.82, 2.24) is 10.3 Å². The zero-order valence-corrected chi connectivity index (χ0v) is 11.5. The van der Waals surface area contributed by atoms with Crippen LogP contribution in [-0.4, -0.2) is 23.5 Å². The fourth-order valence-corrected chi connectivity index (χ4v) is 2.62. The molecule has 5 nitrogen and oxygen atoms in total. The van der Waals surface area contributed by atoms with E-state index in [1.807, 2.05) is 18.2 Å². The van der Waals surface area contributed by atoms with Gasteiger partial charge in [-0.15, -0.1) is 0 Å². The number of amides is 3. The van der Waals surface area contributed by atoms with E-state index in [0.717, 1.165) is 20.9 Å². The molecule has 1 N–H and O–H groups in total. The first-order valence-electron chi connectivity index (χ1n) is 5.80. The van der Waals surface area contributed by atoms with E-state index in [-0.39, 0.29) is 11.9 Å². The van der Waals surface area contributed by atoms with Crippen LogP contribution < -0.4 is 10.2 Å². The summed E-state index contributed by atoms with van der Waals surface area (Å²) >= 11 is 3.44. The molecule has 96 valence electrons. The molecule has 1 aliphatic heterocycles. The molecule has 1 aromatic carbocycles. The van der Waals surface area contributed by atoms with E-state index in [9.17, 15) is 9.59 Å². The second kappa shape index (κ2) is 4.62. The highest BCUT2D eigenvalue weighted by Gasteiger charge is 2.25. The molecule has 6 heteroatoms. The fourth-order valence-electron chi connectivity index (χ4n) is 2.16. The number of benzene rings is 1. The van der Waals surface area contributed by atoms with Crippen LogP contribution in [-0.2, 0) is 4.79 Å². The molecule has 1 saturated heterocycles. The lowest BCUT2D eigenvalue weighted by Gasteiger charge is -2.27. The second-order valence-corrected chi connectivity index (χ2v) is 5.19. The Morgan fingerprint density at radius 2 is 2.16 bits per heavy atom. The first-order valence-corrected chi connectivity index (χ1v) is 6.59. The maximum absolute atomic E-state index is 11.9. The molecule has 0 aliphatic carbocycles. The molecule has 19 heavy (non-hydrogen) atoms. The Bertz CT molecular complexity index is 687. The van der Waals surface area contributed by atoms with Crippen molar-refractivity contribution in [3.05, 3.63) is 35.1 Å². The van der Waals surface area contributed by atoms with E-state index < -0.39 is 0 Å². The zero-order chi connectivity index (χ0) is 13.4. The molecule has 0 spiro atoms. The third-order valence-electron chi connectivity index (χ3n) is 3.04. The van der Waals surface area contributed by atoms with Crippen LogP contribution >= 0.6 is 15.9 Å². The number of hydrogen-bond acceptors (Lipinski definition) is 3. The predicted octanol–water partition coefficient (Wildman–Crippen LogP) is 2.44. The van der Waals surface area contributed by atoms with Gasteiger partial charge >= 0.3 is 6.03 Å². The summed E-state index contributed by atoms with van der Waals surface area (Å²) < 4.78 is 0.880. The number of urea groups is 1. The quantitative estimate of drug-likeness (QED) is 0.878. The third kappa shape index (κ3) is 2.19. The summed E-state index contributed by atoms with van der Waals surface area (Å²) in [7, 11) is 0. The first-order chi connectivity index (χ1) is 9.15. The van der Waals surface area contributed by atoms with Crippen molar-refractivity contribution in [3.8, 4) is 0 Å². The minimum Gasteiger partial charge on any atom is -0.293 e. The standard InChI is InChI=1S/C13H10BrN3O2/c14-9-5-8-1-3-15-7-10(8)11(6-9)17-4-2-12(18)16-13(17)19/h1,3,5-7H,2,4H2,(H,16,18,19). The molecule has 0 bridgehead atoms. The van der Waals surface area contributed by atoms with Gasteiger partial charge in [-0.3, -0.25) is 20.0 Å². The molecule has 0 saturated carbocycles. The van der Waals surface area contributed by atoms with E-state index in [1.165, 1.54) is 0 Å². The molecule has 3 rings (SSSR count). The van der Waals surface area contributed by atoms with Crippen LogP contribution in [0, 0.1) is 0 Å². The molecule has 1 fully saturated rings. The summed E-state index contributed by atoms with van der Waals surface area (Å²) in [5.74, 6) is -0.237. The molecular formula is C13H10BrN3O2. The topological polar surface area (TPSA) is 62.3 Å². The van der Waals surface area contributed by atoms with Gasteiger partial charge in [0.2, 0.25) is 5.91 Å². The summed E-state index contributed by atoms with van der Waals surface area (Å²) in [6.07, 6.45) is 3.74. The molecule has 3 amide bonds. The van der Waals surface area contributed by atoms with E-state index in [0.29, 0.717) is 13.0 Å². The Kier molecular flexibility index (Phi) is 2.94. The van der Waals surface area contributed by atoms with Crippen LogP contribution in [0.15, 0.2) is 35.1 Å². The van der Waals surface area contributed by atoms with Crippen molar-refractivity contribution in [2.75, 3.05) is 11.4 Å². The number of anilines is 1. The van der Waals surface area contributed by atoms with Gasteiger partial charge in [-0.05, 0) is 23.6 Å². The SMILES string of the molecule is O=C1CCN(c2cc(Br)cc3ccncc23)C(=O)N1. The van der Waals surface area contributed by atoms with Gasteiger partial charge in [-0.2, -0.15) is 0 Å². The predicted molar refractivity (Wildman–Crippen MR) is 74.9 cm³/mol. The lowest BCUT2D eigenvalue weighted by molar-refractivity contribution is -0.120. The van der Waals surface area contributed by atoms with Gasteiger partial charge in [0.15, 0.2) is 0 Å². The smallest absolute Gasteiger partial charge is 0.293 e. The maximum atomic E-state index is 11.9. The van der Waals surface area contributed by atoms with Crippen LogP contribution in [0.5, 0.6) is 0 Å². The Morgan fingerprint density at radius 3 is 2.95 bits per heavy atom. The van der Waals surface area contributed by atoms with Crippen LogP contribution in [0.4, 0.5) is 10.5 Å². The van der Waals surface area contributed by atoms with Crippen LogP contribution in [0.25, 0.3) is 10.8 Å². The number of carbonyl (C=O) groups is 2. The summed E-state index contributed by atoms with van der Waals surface area (Å²) in [4.78, 5) is 28.8. The van der Waals surface area contributed by atoms with E-state index >= 15 is 0 Å². The van der Waals surface area contributed by atoms with Gasteiger partial charge < -0.3 is 0 Å². The number of aromatic nitrogens is 1. The van der Waals surface area contributed by atoms with Gasteiger partial charge in [-0.25, -0.2) is 4.79 Å². The van der Waals surface area contributed by atoms with Crippen molar-refractivity contribution in [1.29, 1.82) is 0 Å². The van der Waals surface area contributed by atoms with Gasteiger partial charge in [0.1, 0.15) is 0 Å². The zero-order valence-electron chi connectivity index (χ0n) is 9.89. The van der Waals surface area contributed by atoms with Crippen molar-refractivity contribution in [3.63, 3.8) is 0 Å². The largest absolute Gasteiger partial charge is 0.328 e. The van der Waals surface area contributed by atoms with E-state index in [2.05, 4.69) is 26.2 Å². The molecule has 1 aromatic heterocycles. The average Bonchev–Trinajstić information content (AvgIpc) is 2.38. The monoisotopic (exact) mass is 319 g/mol. The lowest BCUT2D eigenvalue weighted by atomic mass is 10.1. The second-order valence-electron chi connectivity index (χ2n) is 4.28. The van der Waals surface area contributed by atoms with E-state index in [4.69, 9.17) is 0 Å². The number of halogens is 1. The van der Waals surface area contributed by atoms with Crippen molar-refractivity contribution in [2.45, 2.75) is 6.42 Å². The minimum absolute atomic E-state index is 0.237. The van der Waals surface area contributed by atoms with Crippen molar-refractivity contribution < 1.29 is 9.59 Å². The third-order valence-corrected chi connectivity index (χ3v) is 3.50. The Balaban J connectivity index is 2.14. The Hall–Kier alpha value is -1.95. The average molecular weight is 320 g/mol. The van der Waals surface area contributed by atoms with Gasteiger partial charge in [0.25, 0.3) is 0 Å². The number of nitrogens with zero attached hydrogens (tertiary/aromatic N) is 2. The summed E-state index contributed by atoms with van der Waals surface area (Å²) in [5, 5.41) is 4.20. The number of hydrogen-bond donors (Lipinski definition) is 1. The number of nitrogens with one attached hydrogen (secondary N) is 1. The summed E-state index contributed by atoms with van der Waals surface area (Å²) in [6.45, 7) is 0.380. The number of pyridine rings is 1. The highest BCUT2D eigenvalue weighted by Crippen LogP contribution is 2.31. The molecule has 1 aliphatic rings. The summed E-state index contributed by atoms with van der Waals surface area (Å²) in [6, 6.07) is 5.32. The normalized spacial score (nSPS) is 15.7. The molecule has 2 heterocycles. The molecule has 0 unspecified atom stereocenters. The molecule has 2 aromatic rings. The Labute approximate surface area is 117 Å². The van der Waals surface area contributed by atoms with Crippen LogP contribution in [0.1, 0.15) is 6.42 Å². The molecule has 0 radical (unpaired) electrons. The Morgan fingerprint density at radius 1 is 1.32 bits per heavy atom. The van der Waals surface area contributed by atoms with Gasteiger partial charge in [0, 0.05) is 35.2 Å². The number of fused-ring (bicyclic) bond motifs is 1. The van der Waals surface area contributed by atoms with E-state index in [1.54, 1.807) is 17.3 Å². The maximum Gasteiger partial charge on any atom is 0.328 e. The van der Waals surface area contributed by atoms with Crippen molar-refractivity contribution >= 4 is 44.3 Å². The first kappa shape index (κ1) is 12.1. The number of carbonyl (C=O) groups excluding carboxylic acids is 2. The fraction of sp³-hybridized carbons (Fsp3) is 0.154. The lowest BCUT2D eigenvalue weighted by Crippen LogP contribution is -2.49. The van der Waals surface area contributed by atoms with Gasteiger partial charge in [0.05, 0.1) is 5.69 Å². The highest BCUT2D eigenvalue weighted by molar-refractivity contribution is 9.10. The molecular weight excluding hydrogens is 310 g/mol. The number of imide groups is 1.